The number of benzene rings is 3. The first kappa shape index (κ1) is 20.0. The summed E-state index contributed by atoms with van der Waals surface area (Å²) in [4.78, 5) is 12.1. The number of rotatable bonds is 6. The third-order valence-corrected chi connectivity index (χ3v) is 5.64. The number of hydrogen-bond donors (Lipinski definition) is 2. The van der Waals surface area contributed by atoms with Crippen LogP contribution >= 0.6 is 11.6 Å². The summed E-state index contributed by atoms with van der Waals surface area (Å²) in [5, 5.41) is 12.7. The minimum absolute atomic E-state index is 0.0515. The Morgan fingerprint density at radius 3 is 2.37 bits per heavy atom. The molecule has 0 radical (unpaired) electrons. The second-order valence-corrected chi connectivity index (χ2v) is 7.50. The highest BCUT2D eigenvalue weighted by atomic mass is 35.5. The molecule has 4 rings (SSSR count). The number of phenols is 1. The first-order valence-electron chi connectivity index (χ1n) is 9.88. The van der Waals surface area contributed by atoms with Crippen molar-refractivity contribution in [2.45, 2.75) is 12.3 Å². The zero-order valence-corrected chi connectivity index (χ0v) is 17.1. The van der Waals surface area contributed by atoms with Gasteiger partial charge in [-0.25, -0.2) is 4.79 Å². The van der Waals surface area contributed by atoms with Crippen LogP contribution < -0.4 is 5.32 Å². The minimum Gasteiger partial charge on any atom is -0.506 e. The second-order valence-electron chi connectivity index (χ2n) is 7.12. The average Bonchev–Trinajstić information content (AvgIpc) is 3.09. The molecule has 0 fully saturated rings. The van der Waals surface area contributed by atoms with Gasteiger partial charge in [-0.05, 0) is 40.3 Å². The van der Waals surface area contributed by atoms with E-state index in [-0.39, 0.29) is 11.7 Å². The molecule has 4 nitrogen and oxygen atoms in total. The van der Waals surface area contributed by atoms with Gasteiger partial charge in [0.2, 0.25) is 0 Å². The van der Waals surface area contributed by atoms with E-state index >= 15 is 0 Å². The molecule has 5 heteroatoms. The number of carbonyl (C=O) groups excluding carboxylic acids is 1. The monoisotopic (exact) mass is 419 g/mol. The topological polar surface area (TPSA) is 58.6 Å². The summed E-state index contributed by atoms with van der Waals surface area (Å²) in [5.41, 5.74) is 5.53. The minimum atomic E-state index is -0.430. The summed E-state index contributed by atoms with van der Waals surface area (Å²) in [6, 6.07) is 21.6. The number of nitrogens with one attached hydrogen (secondary N) is 1. The summed E-state index contributed by atoms with van der Waals surface area (Å²) < 4.78 is 5.51. The van der Waals surface area contributed by atoms with Crippen LogP contribution in [0, 0.1) is 0 Å². The number of fused-ring (bicyclic) bond motifs is 3. The number of halogens is 1. The van der Waals surface area contributed by atoms with Crippen molar-refractivity contribution in [3.63, 3.8) is 0 Å². The van der Waals surface area contributed by atoms with E-state index in [0.29, 0.717) is 24.6 Å². The maximum atomic E-state index is 12.1. The Kier molecular flexibility index (Phi) is 6.05. The van der Waals surface area contributed by atoms with E-state index in [2.05, 4.69) is 29.6 Å². The zero-order chi connectivity index (χ0) is 20.9. The lowest BCUT2D eigenvalue weighted by molar-refractivity contribution is 0.143. The van der Waals surface area contributed by atoms with E-state index in [9.17, 15) is 9.90 Å². The lowest BCUT2D eigenvalue weighted by Gasteiger charge is -2.14. The molecule has 0 unspecified atom stereocenters. The molecular weight excluding hydrogens is 398 g/mol. The molecule has 3 aromatic carbocycles. The smallest absolute Gasteiger partial charge is 0.407 e. The summed E-state index contributed by atoms with van der Waals surface area (Å²) in [7, 11) is 0. The van der Waals surface area contributed by atoms with E-state index in [1.54, 1.807) is 12.1 Å². The highest BCUT2D eigenvalue weighted by Crippen LogP contribution is 2.44. The van der Waals surface area contributed by atoms with Crippen molar-refractivity contribution in [3.05, 3.63) is 94.5 Å². The van der Waals surface area contributed by atoms with Gasteiger partial charge in [-0.15, -0.1) is 0 Å². The number of phenolic OH excluding ortho intramolecular Hbond substituents is 1. The quantitative estimate of drug-likeness (QED) is 0.482. The number of amides is 1. The Balaban J connectivity index is 1.28. The molecule has 0 saturated carbocycles. The summed E-state index contributed by atoms with van der Waals surface area (Å²) in [6.07, 6.45) is 3.91. The van der Waals surface area contributed by atoms with Crippen LogP contribution in [0.3, 0.4) is 0 Å². The van der Waals surface area contributed by atoms with Gasteiger partial charge in [-0.2, -0.15) is 0 Å². The molecule has 1 amide bonds. The fourth-order valence-electron chi connectivity index (χ4n) is 3.78. The average molecular weight is 420 g/mol. The predicted octanol–water partition coefficient (Wildman–Crippen LogP) is 5.99. The molecule has 0 heterocycles. The van der Waals surface area contributed by atoms with Crippen molar-refractivity contribution in [2.24, 2.45) is 0 Å². The van der Waals surface area contributed by atoms with E-state index in [4.69, 9.17) is 16.3 Å². The van der Waals surface area contributed by atoms with Crippen LogP contribution in [0.25, 0.3) is 17.2 Å². The van der Waals surface area contributed by atoms with Gasteiger partial charge in [0.25, 0.3) is 0 Å². The molecule has 0 saturated heterocycles. The number of ether oxygens (including phenoxy) is 1. The maximum Gasteiger partial charge on any atom is 0.407 e. The highest BCUT2D eigenvalue weighted by molar-refractivity contribution is 6.33. The van der Waals surface area contributed by atoms with E-state index in [1.165, 1.54) is 22.3 Å². The van der Waals surface area contributed by atoms with E-state index < -0.39 is 6.09 Å². The lowest BCUT2D eigenvalue weighted by atomic mass is 9.98. The van der Waals surface area contributed by atoms with E-state index in [0.717, 1.165) is 5.56 Å². The van der Waals surface area contributed by atoms with Crippen molar-refractivity contribution in [1.82, 2.24) is 5.32 Å². The Morgan fingerprint density at radius 1 is 1.00 bits per heavy atom. The van der Waals surface area contributed by atoms with Gasteiger partial charge in [-0.1, -0.05) is 84.4 Å². The van der Waals surface area contributed by atoms with Crippen LogP contribution in [0.2, 0.25) is 5.02 Å². The highest BCUT2D eigenvalue weighted by Gasteiger charge is 2.28. The van der Waals surface area contributed by atoms with Gasteiger partial charge in [0, 0.05) is 12.5 Å². The Labute approximate surface area is 180 Å². The number of aromatic hydroxyl groups is 1. The van der Waals surface area contributed by atoms with E-state index in [1.807, 2.05) is 42.5 Å². The van der Waals surface area contributed by atoms with Gasteiger partial charge in [-0.3, -0.25) is 0 Å². The molecule has 0 spiro atoms. The van der Waals surface area contributed by atoms with Gasteiger partial charge >= 0.3 is 6.09 Å². The molecule has 0 atom stereocenters. The van der Waals surface area contributed by atoms with Gasteiger partial charge in [0.05, 0.1) is 5.02 Å². The predicted molar refractivity (Wildman–Crippen MR) is 120 cm³/mol. The summed E-state index contributed by atoms with van der Waals surface area (Å²) >= 11 is 6.04. The summed E-state index contributed by atoms with van der Waals surface area (Å²) in [6.45, 7) is 0.748. The largest absolute Gasteiger partial charge is 0.506 e. The molecule has 0 aliphatic heterocycles. The van der Waals surface area contributed by atoms with Crippen LogP contribution in [-0.2, 0) is 4.74 Å². The third kappa shape index (κ3) is 4.19. The standard InChI is InChI=1S/C25H22ClNO3/c26-24-17(9-7-14-23(24)28)8-5-6-15-27-25(29)30-16-22-20-12-3-1-10-18(20)19-11-2-4-13-21(19)22/h1-5,7-14,22,28H,6,15-16H2,(H,27,29). The number of carbonyl (C=O) groups is 1. The van der Waals surface area contributed by atoms with Crippen molar-refractivity contribution in [2.75, 3.05) is 13.2 Å². The second kappa shape index (κ2) is 9.06. The van der Waals surface area contributed by atoms with Crippen molar-refractivity contribution >= 4 is 23.8 Å². The number of alkyl carbamates (subject to hydrolysis) is 1. The Hall–Kier alpha value is -3.24. The van der Waals surface area contributed by atoms with Crippen molar-refractivity contribution in [1.29, 1.82) is 0 Å². The molecule has 1 aliphatic carbocycles. The first-order valence-corrected chi connectivity index (χ1v) is 10.3. The van der Waals surface area contributed by atoms with Crippen molar-refractivity contribution in [3.8, 4) is 16.9 Å². The summed E-state index contributed by atoms with van der Waals surface area (Å²) in [5.74, 6) is 0.103. The molecule has 3 aromatic rings. The molecule has 0 bridgehead atoms. The molecule has 0 aromatic heterocycles. The van der Waals surface area contributed by atoms with Crippen LogP contribution in [0.4, 0.5) is 4.79 Å². The Bertz CT molecular complexity index is 1050. The van der Waals surface area contributed by atoms with Crippen LogP contribution in [0.5, 0.6) is 5.75 Å². The lowest BCUT2D eigenvalue weighted by Crippen LogP contribution is -2.26. The third-order valence-electron chi connectivity index (χ3n) is 5.23. The molecule has 1 aliphatic rings. The molecule has 152 valence electrons. The van der Waals surface area contributed by atoms with Gasteiger partial charge < -0.3 is 15.2 Å². The van der Waals surface area contributed by atoms with Gasteiger partial charge in [0.1, 0.15) is 12.4 Å². The Morgan fingerprint density at radius 2 is 1.67 bits per heavy atom. The van der Waals surface area contributed by atoms with Crippen LogP contribution in [0.15, 0.2) is 72.8 Å². The zero-order valence-electron chi connectivity index (χ0n) is 16.3. The maximum absolute atomic E-state index is 12.1. The molecule has 30 heavy (non-hydrogen) atoms. The fraction of sp³-hybridized carbons (Fsp3) is 0.160. The van der Waals surface area contributed by atoms with Gasteiger partial charge in [0.15, 0.2) is 0 Å². The molecule has 2 N–H and O–H groups in total. The van der Waals surface area contributed by atoms with Crippen LogP contribution in [0.1, 0.15) is 29.0 Å². The first-order chi connectivity index (χ1) is 14.6. The van der Waals surface area contributed by atoms with Crippen LogP contribution in [-0.4, -0.2) is 24.4 Å². The number of hydrogen-bond acceptors (Lipinski definition) is 3. The fourth-order valence-corrected chi connectivity index (χ4v) is 3.97. The van der Waals surface area contributed by atoms with Crippen molar-refractivity contribution < 1.29 is 14.6 Å². The normalized spacial score (nSPS) is 12.6. The molecular formula is C25H22ClNO3. The SMILES string of the molecule is O=C(NCCC=Cc1cccc(O)c1Cl)OCC1c2ccccc2-c2ccccc21.